The first kappa shape index (κ1) is 13.5. The average Bonchev–Trinajstić information content (AvgIpc) is 2.42. The molecule has 1 heterocycles. The van der Waals surface area contributed by atoms with Crippen molar-refractivity contribution in [1.29, 1.82) is 0 Å². The van der Waals surface area contributed by atoms with Gasteiger partial charge in [0.25, 0.3) is 0 Å². The number of nitrogens with one attached hydrogen (secondary N) is 1. The van der Waals surface area contributed by atoms with Crippen LogP contribution in [-0.2, 0) is 0 Å². The fraction of sp³-hybridized carbons (Fsp3) is 0.733. The van der Waals surface area contributed by atoms with E-state index in [0.29, 0.717) is 6.04 Å². The first-order valence-electron chi connectivity index (χ1n) is 7.30. The van der Waals surface area contributed by atoms with Crippen LogP contribution in [0.25, 0.3) is 0 Å². The largest absolute Gasteiger partial charge is 0.308 e. The van der Waals surface area contributed by atoms with Gasteiger partial charge in [0.15, 0.2) is 0 Å². The summed E-state index contributed by atoms with van der Waals surface area (Å²) in [7, 11) is 0. The molecule has 1 atom stereocenters. The fourth-order valence-electron chi connectivity index (χ4n) is 2.90. The predicted molar refractivity (Wildman–Crippen MR) is 74.2 cm³/mol. The highest BCUT2D eigenvalue weighted by atomic mass is 15.0. The van der Waals surface area contributed by atoms with E-state index in [0.717, 1.165) is 24.1 Å². The van der Waals surface area contributed by atoms with Gasteiger partial charge in [-0.1, -0.05) is 26.7 Å². The molecule has 1 fully saturated rings. The number of hydrogen-bond donors (Lipinski definition) is 1. The van der Waals surface area contributed by atoms with E-state index in [-0.39, 0.29) is 0 Å². The number of aromatic nitrogens is 2. The Kier molecular flexibility index (Phi) is 5.12. The maximum atomic E-state index is 4.50. The van der Waals surface area contributed by atoms with Crippen LogP contribution in [0.3, 0.4) is 0 Å². The normalized spacial score (nSPS) is 25.9. The molecule has 0 radical (unpaired) electrons. The monoisotopic (exact) mass is 247 g/mol. The van der Waals surface area contributed by atoms with Gasteiger partial charge in [-0.05, 0) is 37.6 Å². The van der Waals surface area contributed by atoms with Gasteiger partial charge in [-0.25, -0.2) is 0 Å². The Balaban J connectivity index is 2.05. The van der Waals surface area contributed by atoms with E-state index >= 15 is 0 Å². The van der Waals surface area contributed by atoms with E-state index in [1.807, 2.05) is 6.20 Å². The molecular weight excluding hydrogens is 222 g/mol. The summed E-state index contributed by atoms with van der Waals surface area (Å²) in [6.07, 6.45) is 12.0. The second-order valence-corrected chi connectivity index (χ2v) is 5.58. The quantitative estimate of drug-likeness (QED) is 0.867. The molecule has 0 aliphatic heterocycles. The fourth-order valence-corrected chi connectivity index (χ4v) is 2.90. The zero-order chi connectivity index (χ0) is 12.8. The van der Waals surface area contributed by atoms with Crippen LogP contribution in [0.2, 0.25) is 0 Å². The number of hydrogen-bond acceptors (Lipinski definition) is 3. The molecule has 0 aromatic carbocycles. The van der Waals surface area contributed by atoms with E-state index in [9.17, 15) is 0 Å². The highest BCUT2D eigenvalue weighted by Crippen LogP contribution is 2.35. The summed E-state index contributed by atoms with van der Waals surface area (Å²) in [5, 5.41) is 3.67. The molecule has 1 aliphatic rings. The molecule has 18 heavy (non-hydrogen) atoms. The van der Waals surface area contributed by atoms with Crippen LogP contribution >= 0.6 is 0 Å². The van der Waals surface area contributed by atoms with Gasteiger partial charge < -0.3 is 5.32 Å². The minimum Gasteiger partial charge on any atom is -0.308 e. The molecule has 0 saturated heterocycles. The SMILES string of the molecule is CCCNC(c1cnccn1)C1CCC(C)CC1. The van der Waals surface area contributed by atoms with Crippen LogP contribution in [0, 0.1) is 11.8 Å². The maximum absolute atomic E-state index is 4.50. The van der Waals surface area contributed by atoms with Crippen molar-refractivity contribution in [2.24, 2.45) is 11.8 Å². The van der Waals surface area contributed by atoms with Crippen LogP contribution in [0.1, 0.15) is 57.7 Å². The molecule has 1 aromatic rings. The van der Waals surface area contributed by atoms with Crippen LogP contribution in [0.4, 0.5) is 0 Å². The van der Waals surface area contributed by atoms with Crippen molar-refractivity contribution < 1.29 is 0 Å². The number of rotatable bonds is 5. The number of nitrogens with zero attached hydrogens (tertiary/aromatic N) is 2. The Labute approximate surface area is 110 Å². The summed E-state index contributed by atoms with van der Waals surface area (Å²) >= 11 is 0. The second kappa shape index (κ2) is 6.83. The van der Waals surface area contributed by atoms with Gasteiger partial charge in [0.1, 0.15) is 0 Å². The Bertz CT molecular complexity index is 331. The Hall–Kier alpha value is -0.960. The molecule has 0 amide bonds. The third-order valence-electron chi connectivity index (χ3n) is 4.05. The lowest BCUT2D eigenvalue weighted by molar-refractivity contribution is 0.228. The minimum atomic E-state index is 0.395. The van der Waals surface area contributed by atoms with Gasteiger partial charge in [0, 0.05) is 18.6 Å². The van der Waals surface area contributed by atoms with Crippen molar-refractivity contribution in [3.63, 3.8) is 0 Å². The lowest BCUT2D eigenvalue weighted by Crippen LogP contribution is -2.32. The molecule has 1 aliphatic carbocycles. The molecular formula is C15H25N3. The first-order valence-corrected chi connectivity index (χ1v) is 7.30. The van der Waals surface area contributed by atoms with Crippen molar-refractivity contribution in [1.82, 2.24) is 15.3 Å². The molecule has 3 nitrogen and oxygen atoms in total. The van der Waals surface area contributed by atoms with E-state index < -0.39 is 0 Å². The summed E-state index contributed by atoms with van der Waals surface area (Å²) in [6.45, 7) is 5.64. The molecule has 1 N–H and O–H groups in total. The highest BCUT2D eigenvalue weighted by Gasteiger charge is 2.27. The van der Waals surface area contributed by atoms with Crippen molar-refractivity contribution in [2.75, 3.05) is 6.54 Å². The zero-order valence-corrected chi connectivity index (χ0v) is 11.6. The van der Waals surface area contributed by atoms with Crippen LogP contribution in [0.5, 0.6) is 0 Å². The molecule has 2 rings (SSSR count). The standard InChI is InChI=1S/C15H25N3/c1-3-8-18-15(14-11-16-9-10-17-14)13-6-4-12(2)5-7-13/h9-13,15,18H,3-8H2,1-2H3. The zero-order valence-electron chi connectivity index (χ0n) is 11.6. The Morgan fingerprint density at radius 2 is 2.06 bits per heavy atom. The summed E-state index contributed by atoms with van der Waals surface area (Å²) in [6, 6.07) is 0.395. The average molecular weight is 247 g/mol. The van der Waals surface area contributed by atoms with Gasteiger partial charge in [-0.3, -0.25) is 9.97 Å². The molecule has 1 saturated carbocycles. The van der Waals surface area contributed by atoms with E-state index in [1.165, 1.54) is 32.1 Å². The Morgan fingerprint density at radius 1 is 1.28 bits per heavy atom. The van der Waals surface area contributed by atoms with Gasteiger partial charge in [-0.2, -0.15) is 0 Å². The molecule has 100 valence electrons. The van der Waals surface area contributed by atoms with E-state index in [2.05, 4.69) is 29.1 Å². The van der Waals surface area contributed by atoms with Gasteiger partial charge >= 0.3 is 0 Å². The Morgan fingerprint density at radius 3 is 2.67 bits per heavy atom. The van der Waals surface area contributed by atoms with Gasteiger partial charge in [-0.15, -0.1) is 0 Å². The lowest BCUT2D eigenvalue weighted by atomic mass is 9.78. The third-order valence-corrected chi connectivity index (χ3v) is 4.05. The van der Waals surface area contributed by atoms with E-state index in [4.69, 9.17) is 0 Å². The van der Waals surface area contributed by atoms with Crippen molar-refractivity contribution in [3.8, 4) is 0 Å². The van der Waals surface area contributed by atoms with Crippen LogP contribution in [0.15, 0.2) is 18.6 Å². The minimum absolute atomic E-state index is 0.395. The molecule has 0 bridgehead atoms. The lowest BCUT2D eigenvalue weighted by Gasteiger charge is -2.33. The summed E-state index contributed by atoms with van der Waals surface area (Å²) in [5.41, 5.74) is 1.12. The predicted octanol–water partition coefficient (Wildman–Crippen LogP) is 3.34. The smallest absolute Gasteiger partial charge is 0.0758 e. The summed E-state index contributed by atoms with van der Waals surface area (Å²) in [5.74, 6) is 1.62. The van der Waals surface area contributed by atoms with Gasteiger partial charge in [0.05, 0.1) is 11.7 Å². The van der Waals surface area contributed by atoms with Crippen molar-refractivity contribution >= 4 is 0 Å². The molecule has 1 aromatic heterocycles. The molecule has 3 heteroatoms. The van der Waals surface area contributed by atoms with Crippen molar-refractivity contribution in [3.05, 3.63) is 24.3 Å². The highest BCUT2D eigenvalue weighted by molar-refractivity contribution is 5.05. The van der Waals surface area contributed by atoms with Crippen molar-refractivity contribution in [2.45, 2.75) is 52.0 Å². The summed E-state index contributed by atoms with van der Waals surface area (Å²) < 4.78 is 0. The first-order chi connectivity index (χ1) is 8.81. The summed E-state index contributed by atoms with van der Waals surface area (Å²) in [4.78, 5) is 8.72. The van der Waals surface area contributed by atoms with Crippen LogP contribution in [-0.4, -0.2) is 16.5 Å². The van der Waals surface area contributed by atoms with Gasteiger partial charge in [0.2, 0.25) is 0 Å². The molecule has 0 spiro atoms. The topological polar surface area (TPSA) is 37.8 Å². The second-order valence-electron chi connectivity index (χ2n) is 5.58. The molecule has 1 unspecified atom stereocenters. The van der Waals surface area contributed by atoms with Crippen LogP contribution < -0.4 is 5.32 Å². The maximum Gasteiger partial charge on any atom is 0.0758 e. The third kappa shape index (κ3) is 3.52. The van der Waals surface area contributed by atoms with E-state index in [1.54, 1.807) is 12.4 Å².